The minimum Gasteiger partial charge on any atom is -0.480 e. The summed E-state index contributed by atoms with van der Waals surface area (Å²) in [5, 5.41) is 17.9. The Balaban J connectivity index is 3.23. The van der Waals surface area contributed by atoms with E-state index >= 15 is 0 Å². The van der Waals surface area contributed by atoms with Crippen LogP contribution in [0.3, 0.4) is 0 Å². The molecule has 0 aliphatic carbocycles. The third-order valence-electron chi connectivity index (χ3n) is 2.65. The van der Waals surface area contributed by atoms with E-state index in [4.69, 9.17) is 10.4 Å². The van der Waals surface area contributed by atoms with Crippen molar-refractivity contribution in [2.45, 2.75) is 19.9 Å². The van der Waals surface area contributed by atoms with Crippen LogP contribution in [0, 0.1) is 18.3 Å². The summed E-state index contributed by atoms with van der Waals surface area (Å²) in [6.07, 6.45) is 0. The average Bonchev–Trinajstić information content (AvgIpc) is 2.26. The Labute approximate surface area is 94.7 Å². The summed E-state index contributed by atoms with van der Waals surface area (Å²) in [5.41, 5.74) is 2.07. The first-order valence-corrected chi connectivity index (χ1v) is 4.94. The number of aryl methyl sites for hydroxylation is 1. The minimum atomic E-state index is -0.908. The van der Waals surface area contributed by atoms with Crippen molar-refractivity contribution in [3.8, 4) is 6.07 Å². The van der Waals surface area contributed by atoms with Crippen molar-refractivity contribution in [2.75, 3.05) is 11.9 Å². The van der Waals surface area contributed by atoms with Crippen molar-refractivity contribution in [2.24, 2.45) is 0 Å². The maximum absolute atomic E-state index is 10.9. The largest absolute Gasteiger partial charge is 0.480 e. The highest BCUT2D eigenvalue weighted by atomic mass is 16.4. The van der Waals surface area contributed by atoms with Crippen molar-refractivity contribution >= 4 is 11.7 Å². The summed E-state index contributed by atoms with van der Waals surface area (Å²) in [7, 11) is 1.68. The van der Waals surface area contributed by atoms with Crippen LogP contribution >= 0.6 is 0 Å². The molecule has 0 aliphatic heterocycles. The third kappa shape index (κ3) is 2.14. The molecule has 0 spiro atoms. The molecule has 1 N–H and O–H groups in total. The molecule has 0 aliphatic rings. The number of likely N-dealkylation sites (N-methyl/N-ethyl adjacent to an activating group) is 1. The maximum Gasteiger partial charge on any atom is 0.326 e. The monoisotopic (exact) mass is 218 g/mol. The zero-order chi connectivity index (χ0) is 12.3. The lowest BCUT2D eigenvalue weighted by atomic mass is 10.1. The lowest BCUT2D eigenvalue weighted by Gasteiger charge is -2.26. The van der Waals surface area contributed by atoms with Crippen LogP contribution in [0.1, 0.15) is 18.1 Å². The van der Waals surface area contributed by atoms with Crippen molar-refractivity contribution in [3.05, 3.63) is 29.3 Å². The maximum atomic E-state index is 10.9. The number of hydrogen-bond acceptors (Lipinski definition) is 3. The van der Waals surface area contributed by atoms with E-state index in [1.54, 1.807) is 31.0 Å². The van der Waals surface area contributed by atoms with E-state index in [0.717, 1.165) is 5.56 Å². The Morgan fingerprint density at radius 3 is 2.69 bits per heavy atom. The summed E-state index contributed by atoms with van der Waals surface area (Å²) < 4.78 is 0. The Kier molecular flexibility index (Phi) is 3.51. The fraction of sp³-hybridized carbons (Fsp3) is 0.333. The number of aliphatic carboxylic acids is 1. The molecular formula is C12H14N2O2. The van der Waals surface area contributed by atoms with Crippen LogP contribution in [0.2, 0.25) is 0 Å². The molecule has 0 fully saturated rings. The van der Waals surface area contributed by atoms with Gasteiger partial charge >= 0.3 is 5.97 Å². The number of carboxylic acids is 1. The van der Waals surface area contributed by atoms with Gasteiger partial charge in [0.25, 0.3) is 0 Å². The summed E-state index contributed by atoms with van der Waals surface area (Å²) in [5.74, 6) is -0.908. The molecule has 1 unspecified atom stereocenters. The SMILES string of the molecule is Cc1cccc(C#N)c1N(C)C(C)C(=O)O. The molecule has 0 amide bonds. The van der Waals surface area contributed by atoms with Crippen LogP contribution in [0.15, 0.2) is 18.2 Å². The van der Waals surface area contributed by atoms with Gasteiger partial charge in [-0.05, 0) is 25.5 Å². The van der Waals surface area contributed by atoms with Gasteiger partial charge in [0.15, 0.2) is 0 Å². The van der Waals surface area contributed by atoms with Crippen LogP contribution in [0.25, 0.3) is 0 Å². The van der Waals surface area contributed by atoms with E-state index < -0.39 is 12.0 Å². The summed E-state index contributed by atoms with van der Waals surface area (Å²) in [6, 6.07) is 6.76. The van der Waals surface area contributed by atoms with Crippen LogP contribution in [0.5, 0.6) is 0 Å². The number of nitrogens with zero attached hydrogens (tertiary/aromatic N) is 2. The number of rotatable bonds is 3. The van der Waals surface area contributed by atoms with Crippen molar-refractivity contribution in [3.63, 3.8) is 0 Å². The van der Waals surface area contributed by atoms with Gasteiger partial charge in [-0.15, -0.1) is 0 Å². The van der Waals surface area contributed by atoms with Gasteiger partial charge in [0.2, 0.25) is 0 Å². The van der Waals surface area contributed by atoms with Gasteiger partial charge in [-0.2, -0.15) is 5.26 Å². The molecule has 4 heteroatoms. The average molecular weight is 218 g/mol. The van der Waals surface area contributed by atoms with Gasteiger partial charge in [-0.3, -0.25) is 0 Å². The number of carboxylic acid groups (broad SMARTS) is 1. The Morgan fingerprint density at radius 2 is 2.19 bits per heavy atom. The van der Waals surface area contributed by atoms with E-state index in [1.807, 2.05) is 13.0 Å². The van der Waals surface area contributed by atoms with Gasteiger partial charge in [0, 0.05) is 7.05 Å². The first kappa shape index (κ1) is 12.1. The van der Waals surface area contributed by atoms with Gasteiger partial charge in [-0.1, -0.05) is 12.1 Å². The summed E-state index contributed by atoms with van der Waals surface area (Å²) in [4.78, 5) is 12.5. The van der Waals surface area contributed by atoms with Gasteiger partial charge in [0.05, 0.1) is 11.3 Å². The normalized spacial score (nSPS) is 11.6. The highest BCUT2D eigenvalue weighted by Gasteiger charge is 2.20. The molecule has 1 rings (SSSR count). The standard InChI is InChI=1S/C12H14N2O2/c1-8-5-4-6-10(7-13)11(8)14(3)9(2)12(15)16/h4-6,9H,1-3H3,(H,15,16). The molecule has 1 aromatic carbocycles. The number of carbonyl (C=O) groups is 1. The number of hydrogen-bond donors (Lipinski definition) is 1. The smallest absolute Gasteiger partial charge is 0.326 e. The summed E-state index contributed by atoms with van der Waals surface area (Å²) >= 11 is 0. The molecule has 0 bridgehead atoms. The van der Waals surface area contributed by atoms with Crippen LogP contribution in [-0.4, -0.2) is 24.2 Å². The van der Waals surface area contributed by atoms with E-state index in [9.17, 15) is 4.79 Å². The Morgan fingerprint density at radius 1 is 1.56 bits per heavy atom. The number of anilines is 1. The molecule has 0 aromatic heterocycles. The molecule has 84 valence electrons. The predicted molar refractivity (Wildman–Crippen MR) is 61.4 cm³/mol. The molecule has 0 saturated carbocycles. The second-order valence-electron chi connectivity index (χ2n) is 3.71. The molecule has 16 heavy (non-hydrogen) atoms. The van der Waals surface area contributed by atoms with Gasteiger partial charge in [0.1, 0.15) is 12.1 Å². The molecule has 0 saturated heterocycles. The lowest BCUT2D eigenvalue weighted by Crippen LogP contribution is -2.36. The zero-order valence-electron chi connectivity index (χ0n) is 9.56. The van der Waals surface area contributed by atoms with Crippen molar-refractivity contribution < 1.29 is 9.90 Å². The highest BCUT2D eigenvalue weighted by molar-refractivity contribution is 5.79. The van der Waals surface area contributed by atoms with Crippen LogP contribution < -0.4 is 4.90 Å². The number of para-hydroxylation sites is 1. The van der Waals surface area contributed by atoms with E-state index in [-0.39, 0.29) is 0 Å². The summed E-state index contributed by atoms with van der Waals surface area (Å²) in [6.45, 7) is 3.46. The topological polar surface area (TPSA) is 64.3 Å². The van der Waals surface area contributed by atoms with Gasteiger partial charge < -0.3 is 10.0 Å². The molecular weight excluding hydrogens is 204 g/mol. The molecule has 0 heterocycles. The first-order valence-electron chi connectivity index (χ1n) is 4.94. The predicted octanol–water partition coefficient (Wildman–Crippen LogP) is 1.78. The highest BCUT2D eigenvalue weighted by Crippen LogP contribution is 2.25. The van der Waals surface area contributed by atoms with E-state index in [1.165, 1.54) is 0 Å². The van der Waals surface area contributed by atoms with Crippen LogP contribution in [-0.2, 0) is 4.79 Å². The minimum absolute atomic E-state index is 0.496. The molecule has 1 aromatic rings. The van der Waals surface area contributed by atoms with Crippen LogP contribution in [0.4, 0.5) is 5.69 Å². The lowest BCUT2D eigenvalue weighted by molar-refractivity contribution is -0.138. The zero-order valence-corrected chi connectivity index (χ0v) is 9.56. The Bertz CT molecular complexity index is 449. The fourth-order valence-electron chi connectivity index (χ4n) is 1.58. The number of benzene rings is 1. The first-order chi connectivity index (χ1) is 7.49. The Hall–Kier alpha value is -2.02. The third-order valence-corrected chi connectivity index (χ3v) is 2.65. The molecule has 0 radical (unpaired) electrons. The fourth-order valence-corrected chi connectivity index (χ4v) is 1.58. The van der Waals surface area contributed by atoms with Crippen molar-refractivity contribution in [1.29, 1.82) is 5.26 Å². The van der Waals surface area contributed by atoms with Crippen molar-refractivity contribution in [1.82, 2.24) is 0 Å². The molecule has 1 atom stereocenters. The van der Waals surface area contributed by atoms with E-state index in [0.29, 0.717) is 11.3 Å². The van der Waals surface area contributed by atoms with Gasteiger partial charge in [-0.25, -0.2) is 4.79 Å². The second kappa shape index (κ2) is 4.67. The quantitative estimate of drug-likeness (QED) is 0.839. The second-order valence-corrected chi connectivity index (χ2v) is 3.71. The molecule has 4 nitrogen and oxygen atoms in total. The van der Waals surface area contributed by atoms with E-state index in [2.05, 4.69) is 6.07 Å². The number of nitriles is 1.